The Morgan fingerprint density at radius 1 is 1.82 bits per heavy atom. The number of aryl methyl sites for hydroxylation is 1. The van der Waals surface area contributed by atoms with Gasteiger partial charge < -0.3 is 9.90 Å². The molecule has 0 aliphatic carbocycles. The van der Waals surface area contributed by atoms with Crippen LogP contribution >= 0.6 is 15.9 Å². The maximum absolute atomic E-state index is 10.2. The quantitative estimate of drug-likeness (QED) is 0.482. The zero-order chi connectivity index (χ0) is 7.72. The van der Waals surface area contributed by atoms with Crippen molar-refractivity contribution in [3.8, 4) is 0 Å². The molecule has 0 spiro atoms. The zero-order valence-electron chi connectivity index (χ0n) is 6.17. The van der Waals surface area contributed by atoms with Crippen LogP contribution in [0.1, 0.15) is 10.5 Å². The van der Waals surface area contributed by atoms with E-state index >= 15 is 0 Å². The molecule has 1 rings (SSSR count). The summed E-state index contributed by atoms with van der Waals surface area (Å²) in [4.78, 5) is 10.2. The second-order valence-electron chi connectivity index (χ2n) is 1.76. The number of hydrogen-bond donors (Lipinski definition) is 0. The molecule has 1 aromatic heterocycles. The summed E-state index contributed by atoms with van der Waals surface area (Å²) in [5.74, 6) is -1.26. The third-order valence-corrected chi connectivity index (χ3v) is 1.77. The molecule has 0 N–H and O–H groups in total. The maximum atomic E-state index is 10.2. The van der Waals surface area contributed by atoms with Crippen LogP contribution in [0.15, 0.2) is 10.7 Å². The van der Waals surface area contributed by atoms with Gasteiger partial charge in [-0.15, -0.1) is 0 Å². The molecule has 0 unspecified atom stereocenters. The van der Waals surface area contributed by atoms with Crippen LogP contribution in [-0.2, 0) is 7.05 Å². The Hall–Kier alpha value is 0.796. The largest absolute Gasteiger partial charge is 1.00 e. The molecule has 1 aromatic rings. The van der Waals surface area contributed by atoms with Crippen LogP contribution in [0.25, 0.3) is 0 Å². The number of hydrogen-bond acceptors (Lipinski definition) is 3. The van der Waals surface area contributed by atoms with Crippen LogP contribution in [0.3, 0.4) is 0 Å². The number of nitrogens with zero attached hydrogens (tertiary/aromatic N) is 2. The van der Waals surface area contributed by atoms with Gasteiger partial charge in [-0.25, -0.2) is 0 Å². The molecule has 0 radical (unpaired) electrons. The van der Waals surface area contributed by atoms with E-state index in [1.54, 1.807) is 7.05 Å². The van der Waals surface area contributed by atoms with E-state index in [4.69, 9.17) is 0 Å². The Morgan fingerprint density at radius 2 is 2.36 bits per heavy atom. The first-order chi connectivity index (χ1) is 4.61. The van der Waals surface area contributed by atoms with Gasteiger partial charge in [0.25, 0.3) is 0 Å². The summed E-state index contributed by atoms with van der Waals surface area (Å²) in [6, 6.07) is 1.38. The van der Waals surface area contributed by atoms with E-state index in [1.165, 1.54) is 10.7 Å². The zero-order valence-corrected chi connectivity index (χ0v) is 10.9. The summed E-state index contributed by atoms with van der Waals surface area (Å²) in [7, 11) is 1.64. The first kappa shape index (κ1) is 11.8. The van der Waals surface area contributed by atoms with Gasteiger partial charge in [-0.2, -0.15) is 5.10 Å². The fraction of sp³-hybridized carbons (Fsp3) is 0.200. The SMILES string of the molecule is Cn1nc(C(=O)[O-])cc1Br.[K+]. The Kier molecular flexibility index (Phi) is 5.08. The molecule has 0 saturated carbocycles. The molecule has 0 aromatic carbocycles. The summed E-state index contributed by atoms with van der Waals surface area (Å²) < 4.78 is 2.03. The number of aromatic carboxylic acids is 1. The van der Waals surface area contributed by atoms with Crippen molar-refractivity contribution in [3.63, 3.8) is 0 Å². The molecule has 4 nitrogen and oxygen atoms in total. The molecule has 0 amide bonds. The number of halogens is 1. The van der Waals surface area contributed by atoms with Crippen molar-refractivity contribution < 1.29 is 61.3 Å². The van der Waals surface area contributed by atoms with Gasteiger partial charge in [0.1, 0.15) is 10.3 Å². The van der Waals surface area contributed by atoms with Crippen molar-refractivity contribution in [1.29, 1.82) is 0 Å². The molecular formula is C5H4BrKN2O2. The molecule has 0 saturated heterocycles. The summed E-state index contributed by atoms with van der Waals surface area (Å²) in [5, 5.41) is 13.8. The molecule has 11 heavy (non-hydrogen) atoms. The molecule has 54 valence electrons. The number of carboxylic acid groups (broad SMARTS) is 1. The number of rotatable bonds is 1. The number of carbonyl (C=O) groups is 1. The van der Waals surface area contributed by atoms with Crippen LogP contribution in [0, 0.1) is 0 Å². The van der Waals surface area contributed by atoms with Crippen molar-refractivity contribution in [2.45, 2.75) is 0 Å². The fourth-order valence-electron chi connectivity index (χ4n) is 0.544. The Labute approximate surface area is 115 Å². The predicted molar refractivity (Wildman–Crippen MR) is 35.2 cm³/mol. The summed E-state index contributed by atoms with van der Waals surface area (Å²) in [6.07, 6.45) is 0. The van der Waals surface area contributed by atoms with E-state index in [1.807, 2.05) is 0 Å². The second kappa shape index (κ2) is 4.73. The molecule has 1 heterocycles. The van der Waals surface area contributed by atoms with Gasteiger partial charge in [0.15, 0.2) is 0 Å². The van der Waals surface area contributed by atoms with Crippen molar-refractivity contribution in [2.75, 3.05) is 0 Å². The average molecular weight is 243 g/mol. The van der Waals surface area contributed by atoms with E-state index in [0.29, 0.717) is 4.60 Å². The van der Waals surface area contributed by atoms with Gasteiger partial charge in [0, 0.05) is 7.05 Å². The number of carbonyl (C=O) groups excluding carboxylic acids is 1. The first-order valence-corrected chi connectivity index (χ1v) is 3.31. The van der Waals surface area contributed by atoms with Crippen molar-refractivity contribution in [2.24, 2.45) is 7.05 Å². The number of carboxylic acids is 1. The third-order valence-electron chi connectivity index (χ3n) is 1.03. The molecule has 0 aliphatic rings. The molecular weight excluding hydrogens is 239 g/mol. The molecule has 0 aliphatic heterocycles. The minimum Gasteiger partial charge on any atom is -0.543 e. The van der Waals surface area contributed by atoms with Gasteiger partial charge in [-0.1, -0.05) is 0 Å². The second-order valence-corrected chi connectivity index (χ2v) is 2.58. The summed E-state index contributed by atoms with van der Waals surface area (Å²) >= 11 is 3.09. The molecule has 0 bridgehead atoms. The van der Waals surface area contributed by atoms with E-state index in [2.05, 4.69) is 21.0 Å². The summed E-state index contributed by atoms with van der Waals surface area (Å²) in [6.45, 7) is 0. The predicted octanol–water partition coefficient (Wildman–Crippen LogP) is -3.45. The van der Waals surface area contributed by atoms with Crippen molar-refractivity contribution >= 4 is 21.9 Å². The van der Waals surface area contributed by atoms with Crippen LogP contribution in [0.5, 0.6) is 0 Å². The van der Waals surface area contributed by atoms with Gasteiger partial charge in [-0.3, -0.25) is 4.68 Å². The molecule has 6 heteroatoms. The van der Waals surface area contributed by atoms with Crippen LogP contribution in [0.4, 0.5) is 0 Å². The van der Waals surface area contributed by atoms with Gasteiger partial charge in [0.2, 0.25) is 0 Å². The fourth-order valence-corrected chi connectivity index (χ4v) is 0.840. The first-order valence-electron chi connectivity index (χ1n) is 2.52. The van der Waals surface area contributed by atoms with E-state index in [0.717, 1.165) is 0 Å². The van der Waals surface area contributed by atoms with Crippen molar-refractivity contribution in [3.05, 3.63) is 16.4 Å². The Bertz CT molecular complexity index is 254. The van der Waals surface area contributed by atoms with E-state index in [9.17, 15) is 9.90 Å². The maximum Gasteiger partial charge on any atom is 1.00 e. The normalized spacial score (nSPS) is 8.91. The third kappa shape index (κ3) is 2.96. The minimum atomic E-state index is -1.26. The Balaban J connectivity index is 0.000001000. The van der Waals surface area contributed by atoms with Gasteiger partial charge in [0.05, 0.1) is 5.97 Å². The van der Waals surface area contributed by atoms with Crippen molar-refractivity contribution in [1.82, 2.24) is 9.78 Å². The van der Waals surface area contributed by atoms with Crippen LogP contribution in [-0.4, -0.2) is 15.7 Å². The summed E-state index contributed by atoms with van der Waals surface area (Å²) in [5.41, 5.74) is -0.0608. The monoisotopic (exact) mass is 242 g/mol. The van der Waals surface area contributed by atoms with E-state index in [-0.39, 0.29) is 57.1 Å². The smallest absolute Gasteiger partial charge is 0.543 e. The van der Waals surface area contributed by atoms with Crippen LogP contribution in [0.2, 0.25) is 0 Å². The van der Waals surface area contributed by atoms with Gasteiger partial charge in [-0.05, 0) is 22.0 Å². The average Bonchev–Trinajstić information content (AvgIpc) is 2.13. The molecule has 0 atom stereocenters. The van der Waals surface area contributed by atoms with Gasteiger partial charge >= 0.3 is 51.4 Å². The molecule has 0 fully saturated rings. The topological polar surface area (TPSA) is 58.0 Å². The van der Waals surface area contributed by atoms with E-state index < -0.39 is 5.97 Å². The minimum absolute atomic E-state index is 0. The Morgan fingerprint density at radius 3 is 2.55 bits per heavy atom. The standard InChI is InChI=1S/C5H5BrN2O2.K/c1-8-4(6)2-3(7-8)5(9)10;/h2H,1H3,(H,9,10);/q;+1/p-1. The number of aromatic nitrogens is 2. The van der Waals surface area contributed by atoms with Crippen LogP contribution < -0.4 is 56.5 Å².